The quantitative estimate of drug-likeness (QED) is 0.786. The van der Waals surface area contributed by atoms with Crippen LogP contribution in [0.5, 0.6) is 17.2 Å². The normalized spacial score (nSPS) is 24.8. The van der Waals surface area contributed by atoms with Crippen LogP contribution in [0.15, 0.2) is 17.0 Å². The Labute approximate surface area is 155 Å². The van der Waals surface area contributed by atoms with Crippen molar-refractivity contribution in [2.45, 2.75) is 25.4 Å². The maximum absolute atomic E-state index is 13.5. The minimum absolute atomic E-state index is 0.00447. The van der Waals surface area contributed by atoms with Crippen LogP contribution in [0.1, 0.15) is 30.1 Å². The van der Waals surface area contributed by atoms with Gasteiger partial charge < -0.3 is 14.2 Å². The molecule has 1 heterocycles. The second-order valence-corrected chi connectivity index (χ2v) is 7.18. The molecule has 5 nitrogen and oxygen atoms in total. The minimum atomic E-state index is -1.23. The molecule has 0 unspecified atom stereocenters. The summed E-state index contributed by atoms with van der Waals surface area (Å²) in [5.74, 6) is 0.505. The number of carbonyl (C=O) groups excluding carboxylic acids is 2. The number of thioether (sulfide) groups is 1. The lowest BCUT2D eigenvalue weighted by Gasteiger charge is -2.38. The molecule has 0 fully saturated rings. The number of allylic oxidation sites excluding steroid dienone is 1. The van der Waals surface area contributed by atoms with Gasteiger partial charge >= 0.3 is 0 Å². The Balaban J connectivity index is 2.27. The third-order valence-corrected chi connectivity index (χ3v) is 6.03. The van der Waals surface area contributed by atoms with Crippen LogP contribution in [0, 0.1) is 5.92 Å². The highest BCUT2D eigenvalue weighted by Crippen LogP contribution is 2.56. The van der Waals surface area contributed by atoms with Gasteiger partial charge in [-0.1, -0.05) is 18.5 Å². The van der Waals surface area contributed by atoms with E-state index in [9.17, 15) is 9.59 Å². The number of ether oxygens (including phenoxy) is 3. The molecule has 0 saturated heterocycles. The van der Waals surface area contributed by atoms with Gasteiger partial charge in [-0.05, 0) is 18.8 Å². The molecule has 2 aliphatic rings. The number of Topliss-reactive ketones (excluding diaryl/α,β-unsaturated/α-hetero) is 1. The van der Waals surface area contributed by atoms with Crippen molar-refractivity contribution in [2.75, 3.05) is 20.5 Å². The topological polar surface area (TPSA) is 61.8 Å². The molecule has 1 aliphatic carbocycles. The summed E-state index contributed by atoms with van der Waals surface area (Å²) in [6.07, 6.45) is 4.23. The molecule has 3 rings (SSSR count). The van der Waals surface area contributed by atoms with Crippen LogP contribution < -0.4 is 14.2 Å². The van der Waals surface area contributed by atoms with Gasteiger partial charge in [0.2, 0.25) is 11.4 Å². The molecule has 1 aromatic carbocycles. The lowest BCUT2D eigenvalue weighted by molar-refractivity contribution is -0.117. The molecule has 1 aliphatic heterocycles. The maximum atomic E-state index is 13.5. The number of fused-ring (bicyclic) bond motifs is 1. The molecular weight excluding hydrogens is 364 g/mol. The molecule has 134 valence electrons. The van der Waals surface area contributed by atoms with E-state index in [4.69, 9.17) is 25.8 Å². The second-order valence-electron chi connectivity index (χ2n) is 5.95. The van der Waals surface area contributed by atoms with Crippen molar-refractivity contribution in [3.05, 3.63) is 27.6 Å². The van der Waals surface area contributed by atoms with Gasteiger partial charge in [-0.2, -0.15) is 0 Å². The van der Waals surface area contributed by atoms with E-state index in [1.807, 2.05) is 13.2 Å². The number of halogens is 1. The average molecular weight is 383 g/mol. The zero-order valence-electron chi connectivity index (χ0n) is 14.5. The number of rotatable bonds is 4. The Bertz CT molecular complexity index is 788. The predicted molar refractivity (Wildman–Crippen MR) is 97.2 cm³/mol. The fourth-order valence-electron chi connectivity index (χ4n) is 3.57. The molecule has 0 aromatic heterocycles. The molecule has 0 N–H and O–H groups in total. The number of ketones is 2. The minimum Gasteiger partial charge on any atom is -0.496 e. The summed E-state index contributed by atoms with van der Waals surface area (Å²) in [7, 11) is 2.97. The van der Waals surface area contributed by atoms with E-state index in [-0.39, 0.29) is 34.7 Å². The fraction of sp³-hybridized carbons (Fsp3) is 0.444. The smallest absolute Gasteiger partial charge is 0.219 e. The number of benzene rings is 1. The molecule has 1 spiro atoms. The maximum Gasteiger partial charge on any atom is 0.219 e. The Morgan fingerprint density at radius 2 is 2.00 bits per heavy atom. The Morgan fingerprint density at radius 1 is 1.32 bits per heavy atom. The van der Waals surface area contributed by atoms with E-state index >= 15 is 0 Å². The van der Waals surface area contributed by atoms with Crippen LogP contribution in [0.2, 0.25) is 5.02 Å². The fourth-order valence-corrected chi connectivity index (χ4v) is 4.69. The van der Waals surface area contributed by atoms with E-state index in [0.29, 0.717) is 28.4 Å². The first-order chi connectivity index (χ1) is 11.9. The molecule has 7 heteroatoms. The summed E-state index contributed by atoms with van der Waals surface area (Å²) < 4.78 is 16.9. The van der Waals surface area contributed by atoms with Crippen molar-refractivity contribution in [3.63, 3.8) is 0 Å². The van der Waals surface area contributed by atoms with Crippen LogP contribution >= 0.6 is 23.4 Å². The zero-order chi connectivity index (χ0) is 18.4. The standard InChI is InChI=1S/C18H19ClO5S/c1-5-9-6-10(20)7-13(25-4)18(9)17(21)14-11(22-2)8-12(23-3)15(19)16(14)24-18/h7-9H,5-6H2,1-4H3/t9-,18+/m1/s1. The van der Waals surface area contributed by atoms with Gasteiger partial charge in [0.25, 0.3) is 0 Å². The van der Waals surface area contributed by atoms with Crippen molar-refractivity contribution >= 4 is 34.9 Å². The molecule has 0 saturated carbocycles. The van der Waals surface area contributed by atoms with Crippen molar-refractivity contribution < 1.29 is 23.8 Å². The van der Waals surface area contributed by atoms with Crippen LogP contribution in [0.25, 0.3) is 0 Å². The number of hydrogen-bond donors (Lipinski definition) is 0. The predicted octanol–water partition coefficient (Wildman–Crippen LogP) is 3.92. The van der Waals surface area contributed by atoms with Crippen molar-refractivity contribution in [1.29, 1.82) is 0 Å². The summed E-state index contributed by atoms with van der Waals surface area (Å²) in [5, 5.41) is 0.232. The van der Waals surface area contributed by atoms with E-state index in [0.717, 1.165) is 0 Å². The number of methoxy groups -OCH3 is 2. The Kier molecular flexibility index (Phi) is 4.77. The SMILES string of the molecule is CC[C@@H]1CC(=O)C=C(SC)[C@@]12Oc1c(Cl)c(OC)cc(OC)c1C2=O. The molecular formula is C18H19ClO5S. The highest BCUT2D eigenvalue weighted by atomic mass is 35.5. The first kappa shape index (κ1) is 18.1. The third kappa shape index (κ3) is 2.46. The van der Waals surface area contributed by atoms with Gasteiger partial charge in [0.05, 0.1) is 14.2 Å². The Hall–Kier alpha value is -1.66. The van der Waals surface area contributed by atoms with Crippen LogP contribution in [0.3, 0.4) is 0 Å². The van der Waals surface area contributed by atoms with Gasteiger partial charge in [-0.3, -0.25) is 9.59 Å². The van der Waals surface area contributed by atoms with Gasteiger partial charge in [0.1, 0.15) is 22.1 Å². The third-order valence-electron chi connectivity index (χ3n) is 4.81. The van der Waals surface area contributed by atoms with Gasteiger partial charge in [-0.15, -0.1) is 11.8 Å². The molecule has 25 heavy (non-hydrogen) atoms. The highest BCUT2D eigenvalue weighted by Gasteiger charge is 2.59. The lowest BCUT2D eigenvalue weighted by Crippen LogP contribution is -2.51. The number of carbonyl (C=O) groups is 2. The monoisotopic (exact) mass is 382 g/mol. The average Bonchev–Trinajstić information content (AvgIpc) is 2.92. The summed E-state index contributed by atoms with van der Waals surface area (Å²) in [4.78, 5) is 26.2. The van der Waals surface area contributed by atoms with Crippen molar-refractivity contribution in [2.24, 2.45) is 5.92 Å². The van der Waals surface area contributed by atoms with Gasteiger partial charge in [0, 0.05) is 23.3 Å². The van der Waals surface area contributed by atoms with Gasteiger partial charge in [-0.25, -0.2) is 0 Å². The van der Waals surface area contributed by atoms with Crippen molar-refractivity contribution in [3.8, 4) is 17.2 Å². The van der Waals surface area contributed by atoms with E-state index < -0.39 is 5.60 Å². The molecule has 2 atom stereocenters. The Morgan fingerprint density at radius 3 is 2.56 bits per heavy atom. The second kappa shape index (κ2) is 6.57. The first-order valence-electron chi connectivity index (χ1n) is 7.91. The molecule has 1 aromatic rings. The van der Waals surface area contributed by atoms with Crippen LogP contribution in [-0.2, 0) is 4.79 Å². The summed E-state index contributed by atoms with van der Waals surface area (Å²) in [6, 6.07) is 1.58. The van der Waals surface area contributed by atoms with Crippen LogP contribution in [-0.4, -0.2) is 37.6 Å². The summed E-state index contributed by atoms with van der Waals surface area (Å²) in [5.41, 5.74) is -0.922. The molecule has 0 amide bonds. The first-order valence-corrected chi connectivity index (χ1v) is 9.52. The zero-order valence-corrected chi connectivity index (χ0v) is 16.0. The van der Waals surface area contributed by atoms with Crippen molar-refractivity contribution in [1.82, 2.24) is 0 Å². The summed E-state index contributed by atoms with van der Waals surface area (Å²) in [6.45, 7) is 1.95. The van der Waals surface area contributed by atoms with E-state index in [1.54, 1.807) is 6.07 Å². The molecule has 0 bridgehead atoms. The largest absolute Gasteiger partial charge is 0.496 e. The summed E-state index contributed by atoms with van der Waals surface area (Å²) >= 11 is 7.76. The van der Waals surface area contributed by atoms with Crippen LogP contribution in [0.4, 0.5) is 0 Å². The van der Waals surface area contributed by atoms with Gasteiger partial charge in [0.15, 0.2) is 11.5 Å². The lowest BCUT2D eigenvalue weighted by atomic mass is 9.74. The highest BCUT2D eigenvalue weighted by molar-refractivity contribution is 8.02. The van der Waals surface area contributed by atoms with E-state index in [2.05, 4.69) is 0 Å². The number of hydrogen-bond acceptors (Lipinski definition) is 6. The molecule has 0 radical (unpaired) electrons. The van der Waals surface area contributed by atoms with E-state index in [1.165, 1.54) is 32.1 Å².